The van der Waals surface area contributed by atoms with Gasteiger partial charge in [-0.2, -0.15) is 0 Å². The molecule has 1 fully saturated rings. The van der Waals surface area contributed by atoms with Crippen LogP contribution in [0.4, 0.5) is 0 Å². The van der Waals surface area contributed by atoms with Crippen LogP contribution in [0.3, 0.4) is 0 Å². The van der Waals surface area contributed by atoms with Crippen molar-refractivity contribution in [3.05, 3.63) is 65.7 Å². The molecule has 1 aliphatic rings. The molecule has 2 aromatic carbocycles. The standard InChI is InChI=1S/C23H30N2O2/c1-2-27-22-10-6-9-20(17-22)18-25-15-12-21(13-16-25)23(26)24-14-11-19-7-4-3-5-8-19/h3-10,17,21H,2,11-16,18H2,1H3,(H,24,26). The Bertz CT molecular complexity index is 709. The predicted octanol–water partition coefficient (Wildman–Crippen LogP) is 3.66. The number of piperidine rings is 1. The van der Waals surface area contributed by atoms with Crippen molar-refractivity contribution in [3.8, 4) is 5.75 Å². The quantitative estimate of drug-likeness (QED) is 0.775. The summed E-state index contributed by atoms with van der Waals surface area (Å²) in [5.41, 5.74) is 2.54. The minimum Gasteiger partial charge on any atom is -0.494 e. The van der Waals surface area contributed by atoms with Gasteiger partial charge in [0.15, 0.2) is 0 Å². The third-order valence-electron chi connectivity index (χ3n) is 5.13. The van der Waals surface area contributed by atoms with Crippen LogP contribution in [0, 0.1) is 5.92 Å². The monoisotopic (exact) mass is 366 g/mol. The molecule has 4 nitrogen and oxygen atoms in total. The van der Waals surface area contributed by atoms with E-state index in [1.807, 2.05) is 37.3 Å². The van der Waals surface area contributed by atoms with Crippen molar-refractivity contribution in [1.82, 2.24) is 10.2 Å². The maximum absolute atomic E-state index is 12.4. The topological polar surface area (TPSA) is 41.6 Å². The van der Waals surface area contributed by atoms with Crippen LogP contribution in [0.2, 0.25) is 0 Å². The molecule has 144 valence electrons. The fraction of sp³-hybridized carbons (Fsp3) is 0.435. The molecular weight excluding hydrogens is 336 g/mol. The average molecular weight is 367 g/mol. The zero-order valence-corrected chi connectivity index (χ0v) is 16.2. The van der Waals surface area contributed by atoms with Crippen LogP contribution >= 0.6 is 0 Å². The van der Waals surface area contributed by atoms with Crippen LogP contribution in [0.1, 0.15) is 30.9 Å². The zero-order valence-electron chi connectivity index (χ0n) is 16.2. The Morgan fingerprint density at radius 1 is 1.07 bits per heavy atom. The smallest absolute Gasteiger partial charge is 0.223 e. The molecule has 0 saturated carbocycles. The number of hydrogen-bond donors (Lipinski definition) is 1. The van der Waals surface area contributed by atoms with Gasteiger partial charge in [0.05, 0.1) is 6.61 Å². The summed E-state index contributed by atoms with van der Waals surface area (Å²) in [5, 5.41) is 3.11. The number of nitrogens with zero attached hydrogens (tertiary/aromatic N) is 1. The number of likely N-dealkylation sites (tertiary alicyclic amines) is 1. The average Bonchev–Trinajstić information content (AvgIpc) is 2.70. The summed E-state index contributed by atoms with van der Waals surface area (Å²) in [4.78, 5) is 14.9. The highest BCUT2D eigenvalue weighted by molar-refractivity contribution is 5.78. The molecule has 1 N–H and O–H groups in total. The van der Waals surface area contributed by atoms with E-state index in [0.29, 0.717) is 13.2 Å². The minimum atomic E-state index is 0.145. The Labute approximate surface area is 162 Å². The van der Waals surface area contributed by atoms with E-state index in [0.717, 1.165) is 44.6 Å². The van der Waals surface area contributed by atoms with Gasteiger partial charge in [-0.05, 0) is 62.5 Å². The van der Waals surface area contributed by atoms with Gasteiger partial charge in [0.2, 0.25) is 5.91 Å². The number of benzene rings is 2. The molecule has 0 unspecified atom stereocenters. The van der Waals surface area contributed by atoms with E-state index in [9.17, 15) is 4.79 Å². The van der Waals surface area contributed by atoms with Crippen molar-refractivity contribution < 1.29 is 9.53 Å². The molecule has 1 aliphatic heterocycles. The van der Waals surface area contributed by atoms with Crippen LogP contribution in [0.25, 0.3) is 0 Å². The second kappa shape index (κ2) is 10.1. The lowest BCUT2D eigenvalue weighted by Crippen LogP contribution is -2.40. The van der Waals surface area contributed by atoms with Gasteiger partial charge in [-0.1, -0.05) is 42.5 Å². The second-order valence-corrected chi connectivity index (χ2v) is 7.16. The van der Waals surface area contributed by atoms with Gasteiger partial charge < -0.3 is 10.1 Å². The summed E-state index contributed by atoms with van der Waals surface area (Å²) < 4.78 is 5.58. The van der Waals surface area contributed by atoms with E-state index < -0.39 is 0 Å². The molecule has 4 heteroatoms. The molecule has 0 radical (unpaired) electrons. The van der Waals surface area contributed by atoms with Gasteiger partial charge in [0, 0.05) is 19.0 Å². The van der Waals surface area contributed by atoms with Crippen LogP contribution in [0.15, 0.2) is 54.6 Å². The van der Waals surface area contributed by atoms with Gasteiger partial charge in [0.25, 0.3) is 0 Å². The largest absolute Gasteiger partial charge is 0.494 e. The van der Waals surface area contributed by atoms with Crippen molar-refractivity contribution in [2.45, 2.75) is 32.7 Å². The van der Waals surface area contributed by atoms with Gasteiger partial charge in [0.1, 0.15) is 5.75 Å². The van der Waals surface area contributed by atoms with Crippen molar-refractivity contribution in [2.24, 2.45) is 5.92 Å². The van der Waals surface area contributed by atoms with Crippen LogP contribution in [-0.2, 0) is 17.8 Å². The number of carbonyl (C=O) groups excluding carboxylic acids is 1. The fourth-order valence-corrected chi connectivity index (χ4v) is 3.63. The summed E-state index contributed by atoms with van der Waals surface area (Å²) in [6.45, 7) is 6.26. The Morgan fingerprint density at radius 3 is 2.56 bits per heavy atom. The van der Waals surface area contributed by atoms with Gasteiger partial charge in [-0.15, -0.1) is 0 Å². The molecule has 0 bridgehead atoms. The molecular formula is C23H30N2O2. The highest BCUT2D eigenvalue weighted by Crippen LogP contribution is 2.21. The lowest BCUT2D eigenvalue weighted by molar-refractivity contribution is -0.126. The SMILES string of the molecule is CCOc1cccc(CN2CCC(C(=O)NCCc3ccccc3)CC2)c1. The molecule has 3 rings (SSSR count). The molecule has 2 aromatic rings. The summed E-state index contributed by atoms with van der Waals surface area (Å²) in [7, 11) is 0. The fourth-order valence-electron chi connectivity index (χ4n) is 3.63. The first kappa shape index (κ1) is 19.4. The number of hydrogen-bond acceptors (Lipinski definition) is 3. The summed E-state index contributed by atoms with van der Waals surface area (Å²) in [6, 6.07) is 18.6. The number of amides is 1. The number of carbonyl (C=O) groups is 1. The predicted molar refractivity (Wildman–Crippen MR) is 109 cm³/mol. The highest BCUT2D eigenvalue weighted by atomic mass is 16.5. The van der Waals surface area contributed by atoms with Crippen molar-refractivity contribution >= 4 is 5.91 Å². The van der Waals surface area contributed by atoms with Gasteiger partial charge in [-0.25, -0.2) is 0 Å². The number of nitrogens with one attached hydrogen (secondary N) is 1. The molecule has 0 spiro atoms. The van der Waals surface area contributed by atoms with Crippen molar-refractivity contribution in [2.75, 3.05) is 26.2 Å². The Balaban J connectivity index is 1.39. The van der Waals surface area contributed by atoms with Crippen molar-refractivity contribution in [3.63, 3.8) is 0 Å². The van der Waals surface area contributed by atoms with E-state index in [1.54, 1.807) is 0 Å². The second-order valence-electron chi connectivity index (χ2n) is 7.16. The van der Waals surface area contributed by atoms with Crippen LogP contribution in [-0.4, -0.2) is 37.0 Å². The summed E-state index contributed by atoms with van der Waals surface area (Å²) >= 11 is 0. The van der Waals surface area contributed by atoms with E-state index in [2.05, 4.69) is 34.5 Å². The molecule has 0 atom stereocenters. The third kappa shape index (κ3) is 6.10. The molecule has 27 heavy (non-hydrogen) atoms. The number of ether oxygens (including phenoxy) is 1. The first-order valence-corrected chi connectivity index (χ1v) is 10.0. The maximum Gasteiger partial charge on any atom is 0.223 e. The Kier molecular flexibility index (Phi) is 7.28. The lowest BCUT2D eigenvalue weighted by atomic mass is 9.95. The van der Waals surface area contributed by atoms with Crippen molar-refractivity contribution in [1.29, 1.82) is 0 Å². The van der Waals surface area contributed by atoms with Gasteiger partial charge in [-0.3, -0.25) is 9.69 Å². The molecule has 1 saturated heterocycles. The normalized spacial score (nSPS) is 15.4. The summed E-state index contributed by atoms with van der Waals surface area (Å²) in [6.07, 6.45) is 2.76. The van der Waals surface area contributed by atoms with Gasteiger partial charge >= 0.3 is 0 Å². The first-order valence-electron chi connectivity index (χ1n) is 10.0. The Hall–Kier alpha value is -2.33. The highest BCUT2D eigenvalue weighted by Gasteiger charge is 2.24. The summed E-state index contributed by atoms with van der Waals surface area (Å²) in [5.74, 6) is 1.29. The molecule has 1 heterocycles. The lowest BCUT2D eigenvalue weighted by Gasteiger charge is -2.31. The zero-order chi connectivity index (χ0) is 18.9. The molecule has 0 aromatic heterocycles. The first-order chi connectivity index (χ1) is 13.2. The van der Waals surface area contributed by atoms with E-state index in [1.165, 1.54) is 11.1 Å². The van der Waals surface area contributed by atoms with E-state index in [-0.39, 0.29) is 11.8 Å². The molecule has 0 aliphatic carbocycles. The van der Waals surface area contributed by atoms with E-state index in [4.69, 9.17) is 4.74 Å². The third-order valence-corrected chi connectivity index (χ3v) is 5.13. The maximum atomic E-state index is 12.4. The Morgan fingerprint density at radius 2 is 1.81 bits per heavy atom. The van der Waals surface area contributed by atoms with E-state index >= 15 is 0 Å². The minimum absolute atomic E-state index is 0.145. The van der Waals surface area contributed by atoms with Crippen LogP contribution in [0.5, 0.6) is 5.75 Å². The molecule has 1 amide bonds. The number of rotatable bonds is 8. The van der Waals surface area contributed by atoms with Crippen LogP contribution < -0.4 is 10.1 Å².